The Kier molecular flexibility index (Phi) is 2.88. The van der Waals surface area contributed by atoms with Gasteiger partial charge in [-0.15, -0.1) is 0 Å². The van der Waals surface area contributed by atoms with Crippen LogP contribution >= 0.6 is 11.8 Å². The molecule has 0 saturated carbocycles. The van der Waals surface area contributed by atoms with Crippen LogP contribution in [0.25, 0.3) is 0 Å². The van der Waals surface area contributed by atoms with Gasteiger partial charge in [0, 0.05) is 4.75 Å². The van der Waals surface area contributed by atoms with Crippen LogP contribution in [0.4, 0.5) is 0 Å². The molecule has 0 amide bonds. The van der Waals surface area contributed by atoms with E-state index >= 15 is 0 Å². The summed E-state index contributed by atoms with van der Waals surface area (Å²) in [6.07, 6.45) is 2.84. The number of thioether (sulfide) groups is 1. The van der Waals surface area contributed by atoms with E-state index in [-0.39, 0.29) is 10.3 Å². The number of carbonyl (C=O) groups excluding carboxylic acids is 1. The summed E-state index contributed by atoms with van der Waals surface area (Å²) in [4.78, 5) is 14.2. The van der Waals surface area contributed by atoms with E-state index in [4.69, 9.17) is 0 Å². The Bertz CT molecular complexity index is 241. The Morgan fingerprint density at radius 3 is 2.54 bits per heavy atom. The zero-order valence-electron chi connectivity index (χ0n) is 8.76. The number of rotatable bonds is 2. The second-order valence-corrected chi connectivity index (χ2v) is 6.40. The second kappa shape index (κ2) is 3.47. The third-order valence-corrected chi connectivity index (χ3v) is 4.37. The fraction of sp³-hybridized carbons (Fsp3) is 0.900. The number of nitrogens with zero attached hydrogens (tertiary/aromatic N) is 1. The van der Waals surface area contributed by atoms with Crippen molar-refractivity contribution in [3.63, 3.8) is 0 Å². The smallest absolute Gasteiger partial charge is 0.211 e. The molecular formula is C10H17NOS. The van der Waals surface area contributed by atoms with Gasteiger partial charge in [0.2, 0.25) is 6.08 Å². The first kappa shape index (κ1) is 10.8. The van der Waals surface area contributed by atoms with Crippen molar-refractivity contribution < 1.29 is 4.79 Å². The molecule has 74 valence electrons. The fourth-order valence-corrected chi connectivity index (χ4v) is 3.77. The van der Waals surface area contributed by atoms with Gasteiger partial charge < -0.3 is 0 Å². The maximum absolute atomic E-state index is 10.3. The van der Waals surface area contributed by atoms with E-state index in [1.54, 1.807) is 6.08 Å². The summed E-state index contributed by atoms with van der Waals surface area (Å²) < 4.78 is 0.240. The van der Waals surface area contributed by atoms with Gasteiger partial charge in [-0.1, -0.05) is 13.8 Å². The van der Waals surface area contributed by atoms with Gasteiger partial charge in [0.15, 0.2) is 0 Å². The maximum Gasteiger partial charge on any atom is 0.235 e. The summed E-state index contributed by atoms with van der Waals surface area (Å²) >= 11 is 1.97. The van der Waals surface area contributed by atoms with Gasteiger partial charge in [0.1, 0.15) is 0 Å². The Morgan fingerprint density at radius 2 is 2.15 bits per heavy atom. The zero-order valence-corrected chi connectivity index (χ0v) is 9.57. The molecule has 2 nitrogen and oxygen atoms in total. The first-order valence-electron chi connectivity index (χ1n) is 4.63. The molecule has 1 fully saturated rings. The SMILES string of the molecule is CC(C)(N=C=O)C1CCSC1(C)C. The monoisotopic (exact) mass is 199 g/mol. The lowest BCUT2D eigenvalue weighted by Gasteiger charge is -2.35. The maximum atomic E-state index is 10.3. The Balaban J connectivity index is 2.87. The molecule has 1 saturated heterocycles. The molecular weight excluding hydrogens is 182 g/mol. The lowest BCUT2D eigenvalue weighted by atomic mass is 9.78. The van der Waals surface area contributed by atoms with Crippen molar-refractivity contribution in [2.45, 2.75) is 44.4 Å². The molecule has 1 atom stereocenters. The van der Waals surface area contributed by atoms with Crippen LogP contribution in [-0.4, -0.2) is 22.1 Å². The van der Waals surface area contributed by atoms with Crippen molar-refractivity contribution in [3.8, 4) is 0 Å². The summed E-state index contributed by atoms with van der Waals surface area (Å²) in [5, 5.41) is 0. The summed E-state index contributed by atoms with van der Waals surface area (Å²) in [7, 11) is 0. The van der Waals surface area contributed by atoms with Crippen molar-refractivity contribution in [3.05, 3.63) is 0 Å². The fourth-order valence-electron chi connectivity index (χ4n) is 2.29. The molecule has 0 N–H and O–H groups in total. The van der Waals surface area contributed by atoms with Crippen molar-refractivity contribution in [1.82, 2.24) is 0 Å². The highest BCUT2D eigenvalue weighted by Crippen LogP contribution is 2.48. The number of hydrogen-bond acceptors (Lipinski definition) is 3. The van der Waals surface area contributed by atoms with E-state index in [2.05, 4.69) is 18.8 Å². The van der Waals surface area contributed by atoms with Gasteiger partial charge in [-0.3, -0.25) is 0 Å². The van der Waals surface area contributed by atoms with Crippen LogP contribution in [0.5, 0.6) is 0 Å². The minimum atomic E-state index is -0.255. The van der Waals surface area contributed by atoms with Gasteiger partial charge in [-0.2, -0.15) is 16.8 Å². The number of aliphatic imine (C=N–C) groups is 1. The predicted octanol–water partition coefficient (Wildman–Crippen LogP) is 2.63. The minimum absolute atomic E-state index is 0.240. The van der Waals surface area contributed by atoms with Crippen molar-refractivity contribution in [2.75, 3.05) is 5.75 Å². The highest BCUT2D eigenvalue weighted by Gasteiger charge is 2.44. The molecule has 0 spiro atoms. The van der Waals surface area contributed by atoms with Crippen molar-refractivity contribution in [2.24, 2.45) is 10.9 Å². The lowest BCUT2D eigenvalue weighted by Crippen LogP contribution is -2.39. The Morgan fingerprint density at radius 1 is 1.54 bits per heavy atom. The average Bonchev–Trinajstić information content (AvgIpc) is 2.29. The molecule has 1 rings (SSSR count). The van der Waals surface area contributed by atoms with Crippen LogP contribution in [0.3, 0.4) is 0 Å². The quantitative estimate of drug-likeness (QED) is 0.505. The van der Waals surface area contributed by atoms with E-state index in [1.807, 2.05) is 25.6 Å². The van der Waals surface area contributed by atoms with Crippen LogP contribution in [0.1, 0.15) is 34.1 Å². The van der Waals surface area contributed by atoms with Crippen LogP contribution in [-0.2, 0) is 4.79 Å². The standard InChI is InChI=1S/C10H17NOS/c1-9(2,11-7-12)8-5-6-13-10(8,3)4/h8H,5-6H2,1-4H3. The third kappa shape index (κ3) is 2.15. The average molecular weight is 199 g/mol. The molecule has 3 heteroatoms. The van der Waals surface area contributed by atoms with Crippen LogP contribution < -0.4 is 0 Å². The largest absolute Gasteiger partial charge is 0.235 e. The van der Waals surface area contributed by atoms with Gasteiger partial charge in [0.25, 0.3) is 0 Å². The molecule has 0 bridgehead atoms. The molecule has 1 unspecified atom stereocenters. The molecule has 1 aliphatic heterocycles. The van der Waals surface area contributed by atoms with Crippen molar-refractivity contribution >= 4 is 17.8 Å². The number of hydrogen-bond donors (Lipinski definition) is 0. The Hall–Kier alpha value is -0.270. The highest BCUT2D eigenvalue weighted by molar-refractivity contribution is 8.00. The molecule has 0 aromatic heterocycles. The molecule has 1 heterocycles. The molecule has 0 aromatic carbocycles. The van der Waals surface area contributed by atoms with E-state index in [0.717, 1.165) is 6.42 Å². The predicted molar refractivity (Wildman–Crippen MR) is 56.8 cm³/mol. The van der Waals surface area contributed by atoms with Gasteiger partial charge in [-0.25, -0.2) is 4.79 Å². The third-order valence-electron chi connectivity index (χ3n) is 2.91. The molecule has 0 aromatic rings. The van der Waals surface area contributed by atoms with Crippen molar-refractivity contribution in [1.29, 1.82) is 0 Å². The lowest BCUT2D eigenvalue weighted by molar-refractivity contribution is 0.276. The summed E-state index contributed by atoms with van der Waals surface area (Å²) in [6.45, 7) is 8.52. The second-order valence-electron chi connectivity index (χ2n) is 4.65. The topological polar surface area (TPSA) is 29.4 Å². The van der Waals surface area contributed by atoms with E-state index < -0.39 is 0 Å². The first-order valence-corrected chi connectivity index (χ1v) is 5.62. The minimum Gasteiger partial charge on any atom is -0.211 e. The van der Waals surface area contributed by atoms with Gasteiger partial charge in [-0.05, 0) is 31.9 Å². The summed E-state index contributed by atoms with van der Waals surface area (Å²) in [5.41, 5.74) is -0.255. The van der Waals surface area contributed by atoms with Gasteiger partial charge in [0.05, 0.1) is 5.54 Å². The van der Waals surface area contributed by atoms with Crippen LogP contribution in [0.2, 0.25) is 0 Å². The number of isocyanates is 1. The first-order chi connectivity index (χ1) is 5.90. The van der Waals surface area contributed by atoms with Crippen LogP contribution in [0.15, 0.2) is 4.99 Å². The van der Waals surface area contributed by atoms with Gasteiger partial charge >= 0.3 is 0 Å². The van der Waals surface area contributed by atoms with E-state index in [0.29, 0.717) is 5.92 Å². The molecule has 1 aliphatic rings. The Labute approximate surface area is 84.2 Å². The molecule has 13 heavy (non-hydrogen) atoms. The van der Waals surface area contributed by atoms with E-state index in [1.165, 1.54) is 5.75 Å². The summed E-state index contributed by atoms with van der Waals surface area (Å²) in [6, 6.07) is 0. The zero-order chi connectivity index (χ0) is 10.1. The normalized spacial score (nSPS) is 26.9. The summed E-state index contributed by atoms with van der Waals surface area (Å²) in [5.74, 6) is 1.65. The highest BCUT2D eigenvalue weighted by atomic mass is 32.2. The molecule has 0 aliphatic carbocycles. The van der Waals surface area contributed by atoms with Crippen LogP contribution in [0, 0.1) is 5.92 Å². The molecule has 0 radical (unpaired) electrons. The van der Waals surface area contributed by atoms with E-state index in [9.17, 15) is 4.79 Å².